The average molecular weight is 256 g/mol. The van der Waals surface area contributed by atoms with E-state index in [2.05, 4.69) is 0 Å². The first-order chi connectivity index (χ1) is 6.45. The van der Waals surface area contributed by atoms with Crippen LogP contribution in [0.5, 0.6) is 0 Å². The van der Waals surface area contributed by atoms with E-state index in [0.29, 0.717) is 0 Å². The minimum atomic E-state index is -4.68. The second-order valence-electron chi connectivity index (χ2n) is 2.62. The largest absolute Gasteiger partial charge is 1.00 e. The molecular weight excluding hydrogens is 247 g/mol. The van der Waals surface area contributed by atoms with Crippen molar-refractivity contribution in [2.45, 2.75) is 10.3 Å². The molecule has 0 fully saturated rings. The molecule has 0 amide bonds. The van der Waals surface area contributed by atoms with Gasteiger partial charge in [-0.3, -0.25) is 0 Å². The summed E-state index contributed by atoms with van der Waals surface area (Å²) in [4.78, 5) is 0.934. The van der Waals surface area contributed by atoms with Crippen molar-refractivity contribution >= 4 is 21.9 Å². The molecule has 0 saturated carbocycles. The standard InChI is InChI=1S/C8H10O4S2.Na/c1-13-7-4-2-6(3-5-7)8(9)14(10,11)12;/h2-5,8-9H,1H3,(H,10,11,12);/q;+1/p-1. The smallest absolute Gasteiger partial charge is 0.746 e. The van der Waals surface area contributed by atoms with Crippen LogP contribution in [-0.4, -0.2) is 24.3 Å². The van der Waals surface area contributed by atoms with Gasteiger partial charge < -0.3 is 9.66 Å². The molecule has 78 valence electrons. The van der Waals surface area contributed by atoms with Gasteiger partial charge >= 0.3 is 29.6 Å². The Morgan fingerprint density at radius 2 is 1.80 bits per heavy atom. The van der Waals surface area contributed by atoms with Crippen molar-refractivity contribution in [2.75, 3.05) is 6.26 Å². The average Bonchev–Trinajstić information content (AvgIpc) is 2.15. The number of aliphatic hydroxyl groups excluding tert-OH is 1. The molecule has 0 aromatic heterocycles. The summed E-state index contributed by atoms with van der Waals surface area (Å²) in [5.74, 6) is 0. The number of thioether (sulfide) groups is 1. The van der Waals surface area contributed by atoms with E-state index < -0.39 is 15.6 Å². The van der Waals surface area contributed by atoms with Crippen LogP contribution in [0.2, 0.25) is 0 Å². The van der Waals surface area contributed by atoms with E-state index in [-0.39, 0.29) is 35.1 Å². The SMILES string of the molecule is CSc1ccc(C(O)S(=O)(=O)[O-])cc1.[Na+]. The van der Waals surface area contributed by atoms with Crippen molar-refractivity contribution in [3.63, 3.8) is 0 Å². The minimum Gasteiger partial charge on any atom is -0.746 e. The molecule has 1 N–H and O–H groups in total. The van der Waals surface area contributed by atoms with Crippen LogP contribution in [0, 0.1) is 0 Å². The molecule has 0 heterocycles. The molecule has 1 unspecified atom stereocenters. The molecule has 0 saturated heterocycles. The predicted octanol–water partition coefficient (Wildman–Crippen LogP) is -2.05. The maximum Gasteiger partial charge on any atom is 1.00 e. The third-order valence-corrected chi connectivity index (χ3v) is 3.24. The molecule has 0 aliphatic rings. The second-order valence-corrected chi connectivity index (χ2v) is 4.93. The van der Waals surface area contributed by atoms with Crippen LogP contribution in [0.25, 0.3) is 0 Å². The molecule has 15 heavy (non-hydrogen) atoms. The van der Waals surface area contributed by atoms with Crippen molar-refractivity contribution in [1.82, 2.24) is 0 Å². The normalized spacial score (nSPS) is 13.0. The maximum atomic E-state index is 10.5. The molecule has 7 heteroatoms. The molecule has 4 nitrogen and oxygen atoms in total. The van der Waals surface area contributed by atoms with Crippen LogP contribution in [0.4, 0.5) is 0 Å². The molecule has 1 atom stereocenters. The monoisotopic (exact) mass is 256 g/mol. The van der Waals surface area contributed by atoms with E-state index in [1.54, 1.807) is 12.1 Å². The molecule has 1 aromatic carbocycles. The summed E-state index contributed by atoms with van der Waals surface area (Å²) in [6, 6.07) is 6.14. The van der Waals surface area contributed by atoms with Gasteiger partial charge in [-0.1, -0.05) is 12.1 Å². The molecular formula is C8H9NaO4S2. The zero-order chi connectivity index (χ0) is 10.8. The number of benzene rings is 1. The quantitative estimate of drug-likeness (QED) is 0.382. The summed E-state index contributed by atoms with van der Waals surface area (Å²) in [7, 11) is -4.68. The minimum absolute atomic E-state index is 0. The third kappa shape index (κ3) is 4.44. The molecule has 0 aliphatic heterocycles. The Kier molecular flexibility index (Phi) is 6.43. The van der Waals surface area contributed by atoms with Gasteiger partial charge in [0.15, 0.2) is 5.44 Å². The van der Waals surface area contributed by atoms with E-state index in [4.69, 9.17) is 5.11 Å². The van der Waals surface area contributed by atoms with Gasteiger partial charge in [-0.05, 0) is 24.0 Å². The fraction of sp³-hybridized carbons (Fsp3) is 0.250. The van der Waals surface area contributed by atoms with Crippen molar-refractivity contribution in [3.8, 4) is 0 Å². The van der Waals surface area contributed by atoms with E-state index in [1.165, 1.54) is 23.9 Å². The van der Waals surface area contributed by atoms with Gasteiger partial charge in [0.2, 0.25) is 0 Å². The summed E-state index contributed by atoms with van der Waals surface area (Å²) < 4.78 is 31.4. The molecule has 1 aromatic rings. The molecule has 0 aliphatic carbocycles. The summed E-state index contributed by atoms with van der Waals surface area (Å²) in [5, 5.41) is 9.11. The fourth-order valence-electron chi connectivity index (χ4n) is 0.935. The Hall–Kier alpha value is 0.440. The van der Waals surface area contributed by atoms with Crippen LogP contribution < -0.4 is 29.6 Å². The fourth-order valence-corrected chi connectivity index (χ4v) is 1.83. The predicted molar refractivity (Wildman–Crippen MR) is 52.9 cm³/mol. The Morgan fingerprint density at radius 1 is 1.33 bits per heavy atom. The van der Waals surface area contributed by atoms with Gasteiger partial charge in [0.25, 0.3) is 0 Å². The summed E-state index contributed by atoms with van der Waals surface area (Å²) >= 11 is 1.49. The van der Waals surface area contributed by atoms with Crippen LogP contribution in [0.3, 0.4) is 0 Å². The number of rotatable bonds is 3. The molecule has 0 bridgehead atoms. The van der Waals surface area contributed by atoms with Gasteiger partial charge in [0.1, 0.15) is 10.1 Å². The van der Waals surface area contributed by atoms with Gasteiger partial charge in [0, 0.05) is 4.90 Å². The van der Waals surface area contributed by atoms with Gasteiger partial charge in [-0.2, -0.15) is 0 Å². The second kappa shape index (κ2) is 6.24. The van der Waals surface area contributed by atoms with Crippen LogP contribution in [0.1, 0.15) is 11.0 Å². The van der Waals surface area contributed by atoms with E-state index >= 15 is 0 Å². The zero-order valence-electron chi connectivity index (χ0n) is 8.38. The first kappa shape index (κ1) is 15.4. The topological polar surface area (TPSA) is 77.4 Å². The van der Waals surface area contributed by atoms with Gasteiger partial charge in [-0.15, -0.1) is 11.8 Å². The Morgan fingerprint density at radius 3 is 2.13 bits per heavy atom. The molecule has 0 radical (unpaired) electrons. The first-order valence-electron chi connectivity index (χ1n) is 3.72. The molecule has 1 rings (SSSR count). The Bertz CT molecular complexity index is 401. The van der Waals surface area contributed by atoms with Crippen molar-refractivity contribution in [1.29, 1.82) is 0 Å². The number of hydrogen-bond acceptors (Lipinski definition) is 5. The van der Waals surface area contributed by atoms with E-state index in [9.17, 15) is 13.0 Å². The Balaban J connectivity index is 0.00000196. The zero-order valence-corrected chi connectivity index (χ0v) is 12.0. The Labute approximate surface area is 115 Å². The van der Waals surface area contributed by atoms with Crippen LogP contribution >= 0.6 is 11.8 Å². The molecule has 0 spiro atoms. The van der Waals surface area contributed by atoms with Gasteiger partial charge in [0.05, 0.1) is 0 Å². The van der Waals surface area contributed by atoms with Gasteiger partial charge in [-0.25, -0.2) is 8.42 Å². The van der Waals surface area contributed by atoms with Crippen molar-refractivity contribution in [3.05, 3.63) is 29.8 Å². The van der Waals surface area contributed by atoms with Crippen LogP contribution in [-0.2, 0) is 10.1 Å². The summed E-state index contributed by atoms with van der Waals surface area (Å²) in [6.07, 6.45) is 1.87. The maximum absolute atomic E-state index is 10.5. The number of hydrogen-bond donors (Lipinski definition) is 1. The van der Waals surface area contributed by atoms with Crippen LogP contribution in [0.15, 0.2) is 29.2 Å². The summed E-state index contributed by atoms with van der Waals surface area (Å²) in [5.41, 5.74) is -1.88. The number of aliphatic hydroxyl groups is 1. The first-order valence-corrected chi connectivity index (χ1v) is 6.41. The van der Waals surface area contributed by atoms with Crippen molar-refractivity contribution in [2.24, 2.45) is 0 Å². The van der Waals surface area contributed by atoms with E-state index in [0.717, 1.165) is 4.90 Å². The van der Waals surface area contributed by atoms with Crippen molar-refractivity contribution < 1.29 is 47.6 Å². The third-order valence-electron chi connectivity index (χ3n) is 1.67. The van der Waals surface area contributed by atoms with E-state index in [1.807, 2.05) is 6.26 Å². The summed E-state index contributed by atoms with van der Waals surface area (Å²) in [6.45, 7) is 0.